The molecule has 0 atom stereocenters. The number of hydrogen-bond acceptors (Lipinski definition) is 3. The Hall–Kier alpha value is 0.368. The number of carboxylic acid groups (broad SMARTS) is 1. The number of carbonyl (C=O) groups is 1. The second-order valence-corrected chi connectivity index (χ2v) is 0.598. The Morgan fingerprint density at radius 2 is 1.78 bits per heavy atom. The van der Waals surface area contributed by atoms with Gasteiger partial charge in [-0.1, -0.05) is 0 Å². The van der Waals surface area contributed by atoms with Crippen molar-refractivity contribution in [1.29, 1.82) is 0 Å². The molecule has 0 aliphatic carbocycles. The van der Waals surface area contributed by atoms with Crippen LogP contribution in [-0.4, -0.2) is 24.7 Å². The standard InChI is InChI=1S/C2H5NO2.CH5N.ClH.Pt/c3-1-2(4)5;1-2;;/h1,3H2,(H,4,5);2H2,1H3;1H;/q;;;+1/p-1. The fourth-order valence-corrected chi connectivity index (χ4v) is 0. The second-order valence-electron chi connectivity index (χ2n) is 0.598. The van der Waals surface area contributed by atoms with Crippen LogP contribution in [0.15, 0.2) is 0 Å². The summed E-state index contributed by atoms with van der Waals surface area (Å²) in [4.78, 5) is 9.24. The van der Waals surface area contributed by atoms with Gasteiger partial charge in [0, 0.05) is 0 Å². The molecule has 6 heteroatoms. The van der Waals surface area contributed by atoms with Crippen molar-refractivity contribution in [3.8, 4) is 0 Å². The van der Waals surface area contributed by atoms with Crippen LogP contribution in [0, 0.1) is 0 Å². The average molecular weight is 337 g/mol. The summed E-state index contributed by atoms with van der Waals surface area (Å²) in [6.45, 7) is -0.278. The molecule has 0 radical (unpaired) electrons. The molecule has 9 heavy (non-hydrogen) atoms. The van der Waals surface area contributed by atoms with Gasteiger partial charge in [-0.15, -0.1) is 0 Å². The number of halogens is 1. The van der Waals surface area contributed by atoms with Crippen molar-refractivity contribution >= 4 is 15.4 Å². The predicted octanol–water partition coefficient (Wildman–Crippen LogP) is -0.708. The SMILES string of the molecule is CN.NCC(=O)O.[Cl][Pt]. The molecule has 0 heterocycles. The molecule has 0 spiro atoms. The van der Waals surface area contributed by atoms with Crippen LogP contribution >= 0.6 is 9.42 Å². The van der Waals surface area contributed by atoms with Gasteiger partial charge < -0.3 is 16.6 Å². The van der Waals surface area contributed by atoms with Crippen molar-refractivity contribution in [2.45, 2.75) is 0 Å². The van der Waals surface area contributed by atoms with Crippen molar-refractivity contribution in [3.63, 3.8) is 0 Å². The van der Waals surface area contributed by atoms with Crippen LogP contribution in [0.3, 0.4) is 0 Å². The quantitative estimate of drug-likeness (QED) is 0.590. The first-order chi connectivity index (χ1) is 4.27. The summed E-state index contributed by atoms with van der Waals surface area (Å²) < 4.78 is 0. The van der Waals surface area contributed by atoms with Crippen LogP contribution in [0.2, 0.25) is 0 Å². The Morgan fingerprint density at radius 3 is 1.78 bits per heavy atom. The maximum atomic E-state index is 9.24. The fraction of sp³-hybridized carbons (Fsp3) is 0.667. The molecular weight excluding hydrogens is 327 g/mol. The van der Waals surface area contributed by atoms with E-state index in [1.165, 1.54) is 7.05 Å². The van der Waals surface area contributed by atoms with Crippen molar-refractivity contribution < 1.29 is 28.7 Å². The average Bonchev–Trinajstić information content (AvgIpc) is 1.97. The topological polar surface area (TPSA) is 89.3 Å². The Balaban J connectivity index is -0.0000000771. The summed E-state index contributed by atoms with van der Waals surface area (Å²) in [5.41, 5.74) is 9.07. The molecule has 5 N–H and O–H groups in total. The summed E-state index contributed by atoms with van der Waals surface area (Å²) in [5, 5.41) is 7.60. The molecule has 0 aromatic carbocycles. The van der Waals surface area contributed by atoms with E-state index in [9.17, 15) is 4.79 Å². The maximum absolute atomic E-state index is 9.24. The first-order valence-electron chi connectivity index (χ1n) is 1.89. The third-order valence-corrected chi connectivity index (χ3v) is 0.175. The van der Waals surface area contributed by atoms with Crippen molar-refractivity contribution in [2.24, 2.45) is 11.5 Å². The zero-order valence-electron chi connectivity index (χ0n) is 4.91. The first kappa shape index (κ1) is 16.2. The minimum absolute atomic E-state index is 0.278. The van der Waals surface area contributed by atoms with Crippen LogP contribution in [-0.2, 0) is 23.6 Å². The van der Waals surface area contributed by atoms with Crippen LogP contribution in [0.5, 0.6) is 0 Å². The van der Waals surface area contributed by atoms with Crippen molar-refractivity contribution in [2.75, 3.05) is 13.6 Å². The van der Waals surface area contributed by atoms with E-state index in [0.717, 1.165) is 0 Å². The summed E-state index contributed by atoms with van der Waals surface area (Å²) in [5.74, 6) is -0.968. The molecule has 0 saturated heterocycles. The van der Waals surface area contributed by atoms with Crippen LogP contribution < -0.4 is 11.5 Å². The van der Waals surface area contributed by atoms with E-state index in [-0.39, 0.29) is 6.54 Å². The zero-order chi connectivity index (χ0) is 8.28. The minimum atomic E-state index is -0.968. The summed E-state index contributed by atoms with van der Waals surface area (Å²) in [6.07, 6.45) is 0. The normalized spacial score (nSPS) is 5.56. The summed E-state index contributed by atoms with van der Waals surface area (Å²) >= 11 is 1.61. The molecule has 0 aliphatic heterocycles. The van der Waals surface area contributed by atoms with Crippen molar-refractivity contribution in [1.82, 2.24) is 0 Å². The molecule has 0 aromatic rings. The Labute approximate surface area is 69.4 Å². The van der Waals surface area contributed by atoms with Gasteiger partial charge in [-0.05, 0) is 7.05 Å². The Kier molecular flexibility index (Phi) is 42.8. The summed E-state index contributed by atoms with van der Waals surface area (Å²) in [7, 11) is 6.11. The molecule has 0 unspecified atom stereocenters. The molecule has 61 valence electrons. The second kappa shape index (κ2) is 23.8. The number of nitrogens with two attached hydrogens (primary N) is 2. The molecule has 4 nitrogen and oxygen atoms in total. The van der Waals surface area contributed by atoms with Crippen LogP contribution in [0.1, 0.15) is 0 Å². The van der Waals surface area contributed by atoms with E-state index in [1.54, 1.807) is 18.8 Å². The number of rotatable bonds is 1. The molecule has 0 fully saturated rings. The summed E-state index contributed by atoms with van der Waals surface area (Å²) in [6, 6.07) is 0. The molecule has 0 aliphatic rings. The number of aliphatic carboxylic acids is 1. The fourth-order valence-electron chi connectivity index (χ4n) is 0. The van der Waals surface area contributed by atoms with E-state index in [0.29, 0.717) is 0 Å². The first-order valence-corrected chi connectivity index (χ1v) is 4.70. The van der Waals surface area contributed by atoms with E-state index in [4.69, 9.17) is 5.11 Å². The van der Waals surface area contributed by atoms with Gasteiger partial charge in [0.05, 0.1) is 6.54 Å². The number of carboxylic acids is 1. The Morgan fingerprint density at radius 1 is 1.67 bits per heavy atom. The third-order valence-electron chi connectivity index (χ3n) is 0.175. The monoisotopic (exact) mass is 336 g/mol. The molecule has 0 bridgehead atoms. The molecule has 0 aromatic heterocycles. The van der Waals surface area contributed by atoms with Gasteiger partial charge >= 0.3 is 34.2 Å². The van der Waals surface area contributed by atoms with Gasteiger partial charge in [-0.2, -0.15) is 0 Å². The van der Waals surface area contributed by atoms with Gasteiger partial charge in [0.1, 0.15) is 0 Å². The van der Waals surface area contributed by atoms with Gasteiger partial charge in [0.2, 0.25) is 0 Å². The van der Waals surface area contributed by atoms with E-state index >= 15 is 0 Å². The molecule has 0 rings (SSSR count). The van der Waals surface area contributed by atoms with Crippen LogP contribution in [0.4, 0.5) is 0 Å². The molecular formula is C3H10ClN2O2Pt. The molecule has 0 amide bonds. The molecule has 0 saturated carbocycles. The van der Waals surface area contributed by atoms with Gasteiger partial charge in [0.25, 0.3) is 0 Å². The number of hydrogen-bond donors (Lipinski definition) is 3. The third kappa shape index (κ3) is 60.5. The zero-order valence-corrected chi connectivity index (χ0v) is 7.94. The van der Waals surface area contributed by atoms with Gasteiger partial charge in [0.15, 0.2) is 0 Å². The van der Waals surface area contributed by atoms with Crippen LogP contribution in [0.25, 0.3) is 0 Å². The van der Waals surface area contributed by atoms with E-state index in [2.05, 4.69) is 20.9 Å². The predicted molar refractivity (Wildman–Crippen MR) is 32.7 cm³/mol. The van der Waals surface area contributed by atoms with Gasteiger partial charge in [-0.25, -0.2) is 0 Å². The van der Waals surface area contributed by atoms with E-state index in [1.807, 2.05) is 0 Å². The van der Waals surface area contributed by atoms with Crippen molar-refractivity contribution in [3.05, 3.63) is 0 Å². The Bertz CT molecular complexity index is 55.1. The van der Waals surface area contributed by atoms with Gasteiger partial charge in [-0.3, -0.25) is 4.79 Å². The van der Waals surface area contributed by atoms with E-state index < -0.39 is 5.97 Å².